The lowest BCUT2D eigenvalue weighted by atomic mass is 10.2. The predicted molar refractivity (Wildman–Crippen MR) is 99.7 cm³/mol. The first-order chi connectivity index (χ1) is 12.3. The smallest absolute Gasteiger partial charge is 0.191 e. The maximum Gasteiger partial charge on any atom is 0.191 e. The Bertz CT molecular complexity index is 942. The lowest BCUT2D eigenvalue weighted by Crippen LogP contribution is -1.99. The standard InChI is InChI=1S/C18H16N4OS2/c1-13-4-6-14(7-5-13)17-20-15(10-24-17)11-25-18-21-19-12-22(18)9-16-3-2-8-23-16/h2-8,10,12H,9,11H2,1H3. The highest BCUT2D eigenvalue weighted by Crippen LogP contribution is 2.27. The van der Waals surface area contributed by atoms with Crippen LogP contribution in [0.5, 0.6) is 0 Å². The molecule has 0 aliphatic carbocycles. The highest BCUT2D eigenvalue weighted by Gasteiger charge is 2.10. The summed E-state index contributed by atoms with van der Waals surface area (Å²) in [5, 5.41) is 12.2. The monoisotopic (exact) mass is 368 g/mol. The summed E-state index contributed by atoms with van der Waals surface area (Å²) >= 11 is 3.30. The first-order valence-electron chi connectivity index (χ1n) is 7.82. The van der Waals surface area contributed by atoms with Crippen LogP contribution in [-0.2, 0) is 12.3 Å². The van der Waals surface area contributed by atoms with E-state index in [2.05, 4.69) is 46.8 Å². The molecule has 126 valence electrons. The Labute approximate surface area is 153 Å². The fourth-order valence-electron chi connectivity index (χ4n) is 2.38. The molecule has 0 amide bonds. The lowest BCUT2D eigenvalue weighted by Gasteiger charge is -2.03. The molecule has 0 saturated carbocycles. The summed E-state index contributed by atoms with van der Waals surface area (Å²) in [6.45, 7) is 2.72. The summed E-state index contributed by atoms with van der Waals surface area (Å²) < 4.78 is 7.37. The molecule has 0 fully saturated rings. The third-order valence-corrected chi connectivity index (χ3v) is 5.64. The molecule has 0 atom stereocenters. The number of benzene rings is 1. The summed E-state index contributed by atoms with van der Waals surface area (Å²) in [6.07, 6.45) is 3.40. The summed E-state index contributed by atoms with van der Waals surface area (Å²) in [6, 6.07) is 12.3. The van der Waals surface area contributed by atoms with Crippen molar-refractivity contribution in [2.24, 2.45) is 0 Å². The van der Waals surface area contributed by atoms with E-state index in [9.17, 15) is 0 Å². The van der Waals surface area contributed by atoms with Gasteiger partial charge in [-0.3, -0.25) is 0 Å². The van der Waals surface area contributed by atoms with E-state index < -0.39 is 0 Å². The Morgan fingerprint density at radius 3 is 2.88 bits per heavy atom. The van der Waals surface area contributed by atoms with Gasteiger partial charge < -0.3 is 8.98 Å². The Kier molecular flexibility index (Phi) is 4.67. The maximum atomic E-state index is 5.39. The van der Waals surface area contributed by atoms with E-state index in [-0.39, 0.29) is 0 Å². The van der Waals surface area contributed by atoms with Gasteiger partial charge in [0.05, 0.1) is 18.5 Å². The lowest BCUT2D eigenvalue weighted by molar-refractivity contribution is 0.484. The Balaban J connectivity index is 1.42. The molecule has 0 aliphatic heterocycles. The Morgan fingerprint density at radius 2 is 2.08 bits per heavy atom. The normalized spacial score (nSPS) is 11.1. The van der Waals surface area contributed by atoms with Crippen LogP contribution in [-0.4, -0.2) is 19.7 Å². The molecular formula is C18H16N4OS2. The molecule has 3 aromatic heterocycles. The van der Waals surface area contributed by atoms with Crippen LogP contribution in [0.25, 0.3) is 10.6 Å². The highest BCUT2D eigenvalue weighted by atomic mass is 32.2. The van der Waals surface area contributed by atoms with Crippen LogP contribution in [0, 0.1) is 6.92 Å². The predicted octanol–water partition coefficient (Wildman–Crippen LogP) is 4.64. The number of thioether (sulfide) groups is 1. The van der Waals surface area contributed by atoms with Crippen LogP contribution in [0.4, 0.5) is 0 Å². The summed E-state index contributed by atoms with van der Waals surface area (Å²) in [7, 11) is 0. The van der Waals surface area contributed by atoms with Gasteiger partial charge in [0.2, 0.25) is 0 Å². The summed E-state index contributed by atoms with van der Waals surface area (Å²) in [5.74, 6) is 1.65. The Hall–Kier alpha value is -2.38. The first-order valence-corrected chi connectivity index (χ1v) is 9.69. The molecule has 1 aromatic carbocycles. The SMILES string of the molecule is Cc1ccc(-c2nc(CSc3nncn3Cc3ccco3)cs2)cc1. The number of rotatable bonds is 6. The molecule has 0 radical (unpaired) electrons. The fourth-order valence-corrected chi connectivity index (χ4v) is 4.11. The minimum absolute atomic E-state index is 0.633. The van der Waals surface area contributed by atoms with Crippen LogP contribution in [0.3, 0.4) is 0 Å². The topological polar surface area (TPSA) is 56.7 Å². The second-order valence-corrected chi connectivity index (χ2v) is 7.42. The van der Waals surface area contributed by atoms with Crippen molar-refractivity contribution in [1.29, 1.82) is 0 Å². The molecule has 7 heteroatoms. The van der Waals surface area contributed by atoms with Gasteiger partial charge in [-0.15, -0.1) is 21.5 Å². The average molecular weight is 368 g/mol. The van der Waals surface area contributed by atoms with Crippen molar-refractivity contribution in [2.75, 3.05) is 0 Å². The van der Waals surface area contributed by atoms with Gasteiger partial charge in [-0.1, -0.05) is 41.6 Å². The largest absolute Gasteiger partial charge is 0.467 e. The maximum absolute atomic E-state index is 5.39. The van der Waals surface area contributed by atoms with Gasteiger partial charge in [-0.25, -0.2) is 4.98 Å². The molecule has 0 N–H and O–H groups in total. The molecule has 3 heterocycles. The number of hydrogen-bond donors (Lipinski definition) is 0. The molecule has 0 aliphatic rings. The number of furan rings is 1. The fraction of sp³-hybridized carbons (Fsp3) is 0.167. The summed E-state index contributed by atoms with van der Waals surface area (Å²) in [4.78, 5) is 4.74. The van der Waals surface area contributed by atoms with Gasteiger partial charge in [0, 0.05) is 16.7 Å². The molecule has 4 aromatic rings. The van der Waals surface area contributed by atoms with Gasteiger partial charge in [0.15, 0.2) is 5.16 Å². The van der Waals surface area contributed by atoms with E-state index >= 15 is 0 Å². The third-order valence-electron chi connectivity index (χ3n) is 3.69. The zero-order valence-corrected chi connectivity index (χ0v) is 15.3. The van der Waals surface area contributed by atoms with E-state index in [1.165, 1.54) is 5.56 Å². The van der Waals surface area contributed by atoms with Crippen molar-refractivity contribution in [1.82, 2.24) is 19.7 Å². The number of aromatic nitrogens is 4. The van der Waals surface area contributed by atoms with Crippen molar-refractivity contribution < 1.29 is 4.42 Å². The molecule has 4 rings (SSSR count). The van der Waals surface area contributed by atoms with Gasteiger partial charge in [-0.2, -0.15) is 0 Å². The number of hydrogen-bond acceptors (Lipinski definition) is 6. The molecule has 0 spiro atoms. The molecule has 5 nitrogen and oxygen atoms in total. The molecule has 0 saturated heterocycles. The number of aryl methyl sites for hydroxylation is 1. The van der Waals surface area contributed by atoms with Gasteiger partial charge in [-0.05, 0) is 19.1 Å². The van der Waals surface area contributed by atoms with Crippen LogP contribution >= 0.6 is 23.1 Å². The van der Waals surface area contributed by atoms with Crippen LogP contribution in [0.1, 0.15) is 17.0 Å². The van der Waals surface area contributed by atoms with Gasteiger partial charge >= 0.3 is 0 Å². The molecular weight excluding hydrogens is 352 g/mol. The van der Waals surface area contributed by atoms with Crippen LogP contribution < -0.4 is 0 Å². The van der Waals surface area contributed by atoms with Gasteiger partial charge in [0.1, 0.15) is 17.1 Å². The van der Waals surface area contributed by atoms with Crippen molar-refractivity contribution in [2.45, 2.75) is 24.4 Å². The molecule has 25 heavy (non-hydrogen) atoms. The van der Waals surface area contributed by atoms with Crippen molar-refractivity contribution in [3.05, 3.63) is 71.4 Å². The highest BCUT2D eigenvalue weighted by molar-refractivity contribution is 7.98. The van der Waals surface area contributed by atoms with Crippen LogP contribution in [0.15, 0.2) is 63.9 Å². The van der Waals surface area contributed by atoms with E-state index in [0.717, 1.165) is 32.9 Å². The van der Waals surface area contributed by atoms with E-state index in [4.69, 9.17) is 9.40 Å². The van der Waals surface area contributed by atoms with E-state index in [1.807, 2.05) is 16.7 Å². The minimum Gasteiger partial charge on any atom is -0.467 e. The average Bonchev–Trinajstić information content (AvgIpc) is 3.36. The zero-order valence-electron chi connectivity index (χ0n) is 13.6. The van der Waals surface area contributed by atoms with E-state index in [0.29, 0.717) is 6.54 Å². The van der Waals surface area contributed by atoms with E-state index in [1.54, 1.807) is 35.7 Å². The second-order valence-electron chi connectivity index (χ2n) is 5.62. The molecule has 0 unspecified atom stereocenters. The molecule has 0 bridgehead atoms. The zero-order chi connectivity index (χ0) is 17.1. The van der Waals surface area contributed by atoms with Crippen LogP contribution in [0.2, 0.25) is 0 Å². The third kappa shape index (κ3) is 3.83. The van der Waals surface area contributed by atoms with Crippen molar-refractivity contribution in [3.63, 3.8) is 0 Å². The quantitative estimate of drug-likeness (QED) is 0.464. The number of thiazole rings is 1. The summed E-state index contributed by atoms with van der Waals surface area (Å²) in [5.41, 5.74) is 3.47. The second kappa shape index (κ2) is 7.25. The van der Waals surface area contributed by atoms with Gasteiger partial charge in [0.25, 0.3) is 0 Å². The number of nitrogens with zero attached hydrogens (tertiary/aromatic N) is 4. The Morgan fingerprint density at radius 1 is 1.20 bits per heavy atom. The first kappa shape index (κ1) is 16.1. The van der Waals surface area contributed by atoms with Crippen molar-refractivity contribution >= 4 is 23.1 Å². The minimum atomic E-state index is 0.633. The van der Waals surface area contributed by atoms with Crippen molar-refractivity contribution in [3.8, 4) is 10.6 Å².